The van der Waals surface area contributed by atoms with Crippen LogP contribution in [0, 0.1) is 6.92 Å². The molecule has 0 radical (unpaired) electrons. The lowest BCUT2D eigenvalue weighted by Gasteiger charge is -2.35. The molecule has 1 aromatic heterocycles. The lowest BCUT2D eigenvalue weighted by atomic mass is 10.1. The second kappa shape index (κ2) is 11.3. The van der Waals surface area contributed by atoms with Crippen molar-refractivity contribution in [1.82, 2.24) is 9.97 Å². The zero-order chi connectivity index (χ0) is 30.9. The molecular weight excluding hydrogens is 565 g/mol. The van der Waals surface area contributed by atoms with Crippen molar-refractivity contribution in [3.05, 3.63) is 95.2 Å². The molecule has 1 aliphatic heterocycles. The summed E-state index contributed by atoms with van der Waals surface area (Å²) in [6, 6.07) is 14.7. The van der Waals surface area contributed by atoms with Crippen LogP contribution >= 0.6 is 0 Å². The number of fused-ring (bicyclic) bond motifs is 1. The summed E-state index contributed by atoms with van der Waals surface area (Å²) in [7, 11) is 1.57. The second-order valence-corrected chi connectivity index (χ2v) is 9.70. The molecule has 0 saturated carbocycles. The number of carbonyl (C=O) groups is 3. The number of rotatable bonds is 6. The van der Waals surface area contributed by atoms with E-state index in [4.69, 9.17) is 5.73 Å². The van der Waals surface area contributed by atoms with Crippen LogP contribution < -0.4 is 31.5 Å². The minimum Gasteiger partial charge on any atom is -0.351 e. The van der Waals surface area contributed by atoms with Gasteiger partial charge in [-0.3, -0.25) is 14.6 Å². The molecule has 0 unspecified atom stereocenters. The van der Waals surface area contributed by atoms with Gasteiger partial charge in [-0.25, -0.2) is 14.6 Å². The van der Waals surface area contributed by atoms with Crippen molar-refractivity contribution in [2.75, 3.05) is 32.8 Å². The van der Waals surface area contributed by atoms with Crippen LogP contribution in [0.4, 0.5) is 57.3 Å². The van der Waals surface area contributed by atoms with Gasteiger partial charge in [-0.15, -0.1) is 0 Å². The van der Waals surface area contributed by atoms with Gasteiger partial charge in [0.25, 0.3) is 5.91 Å². The molecule has 0 bridgehead atoms. The van der Waals surface area contributed by atoms with E-state index in [0.717, 1.165) is 17.7 Å². The van der Waals surface area contributed by atoms with Gasteiger partial charge in [0.1, 0.15) is 5.82 Å². The monoisotopic (exact) mass is 590 g/mol. The number of nitrogens with two attached hydrogens (primary N) is 1. The quantitative estimate of drug-likeness (QED) is 0.221. The van der Waals surface area contributed by atoms with E-state index in [2.05, 4.69) is 25.9 Å². The number of aromatic nitrogens is 2. The first-order chi connectivity index (χ1) is 20.4. The van der Waals surface area contributed by atoms with Gasteiger partial charge >= 0.3 is 18.2 Å². The van der Waals surface area contributed by atoms with Gasteiger partial charge < -0.3 is 21.7 Å². The molecule has 5 N–H and O–H groups in total. The van der Waals surface area contributed by atoms with Crippen LogP contribution in [0.5, 0.6) is 0 Å². The van der Waals surface area contributed by atoms with Crippen molar-refractivity contribution in [3.8, 4) is 0 Å². The number of amides is 5. The Bertz CT molecular complexity index is 1740. The van der Waals surface area contributed by atoms with Crippen LogP contribution in [0.25, 0.3) is 0 Å². The predicted octanol–water partition coefficient (Wildman–Crippen LogP) is 5.87. The molecule has 2 heterocycles. The predicted molar refractivity (Wildman–Crippen MR) is 156 cm³/mol. The third-order valence-electron chi connectivity index (χ3n) is 6.60. The lowest BCUT2D eigenvalue weighted by molar-refractivity contribution is -0.137. The molecular formula is C29H25F3N8O3. The Morgan fingerprint density at radius 2 is 1.67 bits per heavy atom. The first-order valence-electron chi connectivity index (χ1n) is 12.8. The van der Waals surface area contributed by atoms with Gasteiger partial charge in [0.05, 0.1) is 17.8 Å². The minimum atomic E-state index is -4.58. The van der Waals surface area contributed by atoms with Gasteiger partial charge in [-0.2, -0.15) is 18.2 Å². The summed E-state index contributed by atoms with van der Waals surface area (Å²) in [5.74, 6) is -0.118. The maximum absolute atomic E-state index is 13.5. The van der Waals surface area contributed by atoms with E-state index < -0.39 is 29.7 Å². The SMILES string of the molecule is Cc1ccc(NC(=O)c2cccc(C(F)(F)F)c2)cc1N1Cc2cnc(Nc3cccc(NC(N)=O)c3)nc2N(C)C1=O. The van der Waals surface area contributed by atoms with Crippen LogP contribution in [0.2, 0.25) is 0 Å². The highest BCUT2D eigenvalue weighted by Gasteiger charge is 2.32. The van der Waals surface area contributed by atoms with Gasteiger partial charge in [0.15, 0.2) is 0 Å². The topological polar surface area (TPSA) is 146 Å². The Morgan fingerprint density at radius 3 is 2.42 bits per heavy atom. The highest BCUT2D eigenvalue weighted by Crippen LogP contribution is 2.34. The van der Waals surface area contributed by atoms with Crippen molar-refractivity contribution in [2.24, 2.45) is 5.73 Å². The summed E-state index contributed by atoms with van der Waals surface area (Å²) >= 11 is 0. The molecule has 4 aromatic rings. The third-order valence-corrected chi connectivity index (χ3v) is 6.60. The Hall–Kier alpha value is -5.66. The molecule has 0 spiro atoms. The number of nitrogens with one attached hydrogen (secondary N) is 3. The fourth-order valence-electron chi connectivity index (χ4n) is 4.52. The molecule has 0 atom stereocenters. The van der Waals surface area contributed by atoms with Gasteiger partial charge in [0.2, 0.25) is 5.95 Å². The number of anilines is 6. The van der Waals surface area contributed by atoms with Crippen molar-refractivity contribution >= 4 is 52.5 Å². The standard InChI is InChI=1S/C29H25F3N8O3/c1-16-9-10-22(35-25(41)17-5-3-6-19(11-17)29(30,31)32)13-23(16)40-15-18-14-34-27(38-24(18)39(2)28(40)43)37-21-8-4-7-20(12-21)36-26(33)42/h3-14H,15H2,1-2H3,(H,35,41)(H3,33,36,42)(H,34,37,38). The summed E-state index contributed by atoms with van der Waals surface area (Å²) in [5.41, 5.74) is 7.31. The average Bonchev–Trinajstić information content (AvgIpc) is 2.96. The van der Waals surface area contributed by atoms with Crippen LogP contribution in [-0.4, -0.2) is 35.0 Å². The molecule has 0 aliphatic carbocycles. The number of urea groups is 2. The molecule has 14 heteroatoms. The van der Waals surface area contributed by atoms with Crippen LogP contribution in [-0.2, 0) is 12.7 Å². The molecule has 43 heavy (non-hydrogen) atoms. The normalized spacial score (nSPS) is 12.9. The number of hydrogen-bond acceptors (Lipinski definition) is 6. The minimum absolute atomic E-state index is 0.128. The first kappa shape index (κ1) is 28.9. The van der Waals surface area contributed by atoms with Gasteiger partial charge in [-0.1, -0.05) is 18.2 Å². The zero-order valence-electron chi connectivity index (χ0n) is 22.9. The highest BCUT2D eigenvalue weighted by atomic mass is 19.4. The summed E-state index contributed by atoms with van der Waals surface area (Å²) in [6.07, 6.45) is -3.00. The fraction of sp³-hybridized carbons (Fsp3) is 0.138. The molecule has 220 valence electrons. The number of alkyl halides is 3. The van der Waals surface area contributed by atoms with E-state index in [-0.39, 0.29) is 18.1 Å². The van der Waals surface area contributed by atoms with E-state index >= 15 is 0 Å². The summed E-state index contributed by atoms with van der Waals surface area (Å²) < 4.78 is 39.3. The number of nitrogens with zero attached hydrogens (tertiary/aromatic N) is 4. The van der Waals surface area contributed by atoms with Crippen molar-refractivity contribution in [2.45, 2.75) is 19.6 Å². The Morgan fingerprint density at radius 1 is 0.953 bits per heavy atom. The Balaban J connectivity index is 1.36. The fourth-order valence-corrected chi connectivity index (χ4v) is 4.52. The van der Waals surface area contributed by atoms with Crippen molar-refractivity contribution in [1.29, 1.82) is 0 Å². The van der Waals surface area contributed by atoms with Crippen LogP contribution in [0.3, 0.4) is 0 Å². The number of aryl methyl sites for hydroxylation is 1. The van der Waals surface area contributed by atoms with Crippen LogP contribution in [0.1, 0.15) is 27.0 Å². The number of primary amides is 1. The zero-order valence-corrected chi connectivity index (χ0v) is 22.9. The molecule has 3 aromatic carbocycles. The molecule has 1 aliphatic rings. The number of benzene rings is 3. The van der Waals surface area contributed by atoms with Crippen molar-refractivity contribution in [3.63, 3.8) is 0 Å². The van der Waals surface area contributed by atoms with Crippen molar-refractivity contribution < 1.29 is 27.6 Å². The molecule has 5 amide bonds. The summed E-state index contributed by atoms with van der Waals surface area (Å²) in [6.45, 7) is 1.92. The maximum Gasteiger partial charge on any atom is 0.416 e. The van der Waals surface area contributed by atoms with E-state index in [0.29, 0.717) is 34.1 Å². The number of halogens is 3. The van der Waals surface area contributed by atoms with E-state index in [1.165, 1.54) is 21.9 Å². The first-order valence-corrected chi connectivity index (χ1v) is 12.8. The number of hydrogen-bond donors (Lipinski definition) is 4. The smallest absolute Gasteiger partial charge is 0.351 e. The lowest BCUT2D eigenvalue weighted by Crippen LogP contribution is -2.46. The van der Waals surface area contributed by atoms with Gasteiger partial charge in [-0.05, 0) is 61.0 Å². The largest absolute Gasteiger partial charge is 0.416 e. The van der Waals surface area contributed by atoms with E-state index in [1.807, 2.05) is 0 Å². The molecule has 5 rings (SSSR count). The van der Waals surface area contributed by atoms with Gasteiger partial charge in [0, 0.05) is 41.4 Å². The summed E-state index contributed by atoms with van der Waals surface area (Å²) in [4.78, 5) is 49.1. The molecule has 11 nitrogen and oxygen atoms in total. The number of carbonyl (C=O) groups excluding carboxylic acids is 3. The second-order valence-electron chi connectivity index (χ2n) is 9.70. The highest BCUT2D eigenvalue weighted by molar-refractivity contribution is 6.07. The third kappa shape index (κ3) is 6.32. The maximum atomic E-state index is 13.5. The summed E-state index contributed by atoms with van der Waals surface area (Å²) in [5, 5.41) is 8.13. The molecule has 0 saturated heterocycles. The van der Waals surface area contributed by atoms with E-state index in [9.17, 15) is 27.6 Å². The average molecular weight is 591 g/mol. The Labute approximate surface area is 243 Å². The van der Waals surface area contributed by atoms with E-state index in [1.54, 1.807) is 62.6 Å². The Kier molecular flexibility index (Phi) is 7.59. The molecule has 0 fully saturated rings. The van der Waals surface area contributed by atoms with Crippen LogP contribution in [0.15, 0.2) is 72.9 Å².